The van der Waals surface area contributed by atoms with Gasteiger partial charge in [0.15, 0.2) is 5.65 Å². The van der Waals surface area contributed by atoms with Gasteiger partial charge in [-0.2, -0.15) is 0 Å². The molecule has 0 aliphatic rings. The average Bonchev–Trinajstić information content (AvgIpc) is 2.69. The van der Waals surface area contributed by atoms with Crippen LogP contribution in [0.15, 0.2) is 70.6 Å². The van der Waals surface area contributed by atoms with Crippen LogP contribution in [-0.4, -0.2) is 19.1 Å². The Kier molecular flexibility index (Phi) is 4.51. The molecule has 0 aliphatic carbocycles. The molecule has 0 saturated carbocycles. The maximum atomic E-state index is 13.2. The van der Waals surface area contributed by atoms with E-state index in [4.69, 9.17) is 23.2 Å². The Balaban J connectivity index is 2.04. The summed E-state index contributed by atoms with van der Waals surface area (Å²) in [5.74, 6) is 0. The second-order valence-corrected chi connectivity index (χ2v) is 6.65. The molecule has 27 heavy (non-hydrogen) atoms. The molecular formula is C19H12Cl2N4O2. The highest BCUT2D eigenvalue weighted by atomic mass is 35.5. The molecule has 4 rings (SSSR count). The number of pyridine rings is 2. The van der Waals surface area contributed by atoms with Gasteiger partial charge in [-0.25, -0.2) is 14.3 Å². The fourth-order valence-electron chi connectivity index (χ4n) is 2.85. The van der Waals surface area contributed by atoms with E-state index in [1.54, 1.807) is 54.9 Å². The van der Waals surface area contributed by atoms with Crippen LogP contribution >= 0.6 is 23.2 Å². The van der Waals surface area contributed by atoms with Crippen molar-refractivity contribution in [2.24, 2.45) is 0 Å². The summed E-state index contributed by atoms with van der Waals surface area (Å²) >= 11 is 12.1. The molecule has 0 saturated heterocycles. The minimum Gasteiger partial charge on any atom is -0.268 e. The van der Waals surface area contributed by atoms with Crippen LogP contribution in [0.5, 0.6) is 0 Å². The monoisotopic (exact) mass is 398 g/mol. The Morgan fingerprint density at radius 2 is 1.70 bits per heavy atom. The first-order valence-corrected chi connectivity index (χ1v) is 8.77. The first kappa shape index (κ1) is 17.5. The molecule has 0 aliphatic heterocycles. The van der Waals surface area contributed by atoms with Gasteiger partial charge in [0, 0.05) is 18.6 Å². The number of halogens is 2. The molecule has 134 valence electrons. The standard InChI is InChI=1S/C19H12Cl2N4O2/c20-15-4-3-13(10-16(15)21)25-17-14(2-1-7-23-17)18(26)24(19(25)27)11-12-5-8-22-9-6-12/h1-10H,11H2. The zero-order chi connectivity index (χ0) is 19.0. The highest BCUT2D eigenvalue weighted by molar-refractivity contribution is 6.42. The third-order valence-corrected chi connectivity index (χ3v) is 4.89. The lowest BCUT2D eigenvalue weighted by molar-refractivity contribution is 0.682. The highest BCUT2D eigenvalue weighted by Crippen LogP contribution is 2.24. The molecule has 8 heteroatoms. The third-order valence-electron chi connectivity index (χ3n) is 4.15. The number of hydrogen-bond donors (Lipinski definition) is 0. The quantitative estimate of drug-likeness (QED) is 0.530. The van der Waals surface area contributed by atoms with E-state index in [1.807, 2.05) is 0 Å². The van der Waals surface area contributed by atoms with E-state index in [0.717, 1.165) is 5.56 Å². The van der Waals surface area contributed by atoms with Crippen LogP contribution in [-0.2, 0) is 6.54 Å². The highest BCUT2D eigenvalue weighted by Gasteiger charge is 2.16. The van der Waals surface area contributed by atoms with E-state index in [1.165, 1.54) is 15.3 Å². The first-order chi connectivity index (χ1) is 13.1. The van der Waals surface area contributed by atoms with Gasteiger partial charge in [-0.05, 0) is 48.0 Å². The van der Waals surface area contributed by atoms with Crippen LogP contribution < -0.4 is 11.2 Å². The van der Waals surface area contributed by atoms with Crippen molar-refractivity contribution in [1.82, 2.24) is 19.1 Å². The van der Waals surface area contributed by atoms with Gasteiger partial charge in [0.2, 0.25) is 0 Å². The van der Waals surface area contributed by atoms with E-state index >= 15 is 0 Å². The molecule has 3 heterocycles. The Bertz CT molecular complexity index is 1270. The first-order valence-electron chi connectivity index (χ1n) is 8.01. The maximum Gasteiger partial charge on any atom is 0.337 e. The molecule has 6 nitrogen and oxygen atoms in total. The number of rotatable bonds is 3. The van der Waals surface area contributed by atoms with Crippen LogP contribution in [0.3, 0.4) is 0 Å². The fraction of sp³-hybridized carbons (Fsp3) is 0.0526. The van der Waals surface area contributed by atoms with Crippen molar-refractivity contribution in [1.29, 1.82) is 0 Å². The fourth-order valence-corrected chi connectivity index (χ4v) is 3.15. The van der Waals surface area contributed by atoms with Gasteiger partial charge in [0.25, 0.3) is 5.56 Å². The number of benzene rings is 1. The predicted octanol–water partition coefficient (Wildman–Crippen LogP) is 3.30. The number of fused-ring (bicyclic) bond motifs is 1. The molecule has 0 amide bonds. The Morgan fingerprint density at radius 3 is 2.44 bits per heavy atom. The van der Waals surface area contributed by atoms with Gasteiger partial charge in [-0.3, -0.25) is 14.3 Å². The lowest BCUT2D eigenvalue weighted by Gasteiger charge is -2.14. The lowest BCUT2D eigenvalue weighted by atomic mass is 10.2. The SMILES string of the molecule is O=c1c2cccnc2n(-c2ccc(Cl)c(Cl)c2)c(=O)n1Cc1ccncc1. The van der Waals surface area contributed by atoms with Crippen molar-refractivity contribution in [2.75, 3.05) is 0 Å². The van der Waals surface area contributed by atoms with Crippen molar-refractivity contribution >= 4 is 34.2 Å². The third kappa shape index (κ3) is 3.13. The molecular weight excluding hydrogens is 387 g/mol. The molecule has 0 radical (unpaired) electrons. The number of hydrogen-bond acceptors (Lipinski definition) is 4. The normalized spacial score (nSPS) is 11.0. The summed E-state index contributed by atoms with van der Waals surface area (Å²) in [6.07, 6.45) is 4.75. The summed E-state index contributed by atoms with van der Waals surface area (Å²) < 4.78 is 2.53. The van der Waals surface area contributed by atoms with Crippen LogP contribution in [0, 0.1) is 0 Å². The summed E-state index contributed by atoms with van der Waals surface area (Å²) in [5.41, 5.74) is 0.601. The Hall–Kier alpha value is -2.96. The molecule has 0 fully saturated rings. The van der Waals surface area contributed by atoms with Gasteiger partial charge in [-0.1, -0.05) is 23.2 Å². The average molecular weight is 399 g/mol. The minimum atomic E-state index is -0.513. The molecule has 0 spiro atoms. The van der Waals surface area contributed by atoms with Crippen LogP contribution in [0.4, 0.5) is 0 Å². The zero-order valence-electron chi connectivity index (χ0n) is 13.8. The van der Waals surface area contributed by atoms with Crippen molar-refractivity contribution < 1.29 is 0 Å². The summed E-state index contributed by atoms with van der Waals surface area (Å²) in [7, 11) is 0. The van der Waals surface area contributed by atoms with Crippen molar-refractivity contribution in [3.05, 3.63) is 97.5 Å². The van der Waals surface area contributed by atoms with E-state index in [-0.39, 0.29) is 12.2 Å². The summed E-state index contributed by atoms with van der Waals surface area (Å²) in [5, 5.41) is 1.00. The molecule has 3 aromatic heterocycles. The maximum absolute atomic E-state index is 13.2. The zero-order valence-corrected chi connectivity index (χ0v) is 15.4. The van der Waals surface area contributed by atoms with E-state index in [2.05, 4.69) is 9.97 Å². The van der Waals surface area contributed by atoms with E-state index < -0.39 is 11.2 Å². The summed E-state index contributed by atoms with van der Waals surface area (Å²) in [4.78, 5) is 34.3. The van der Waals surface area contributed by atoms with Gasteiger partial charge in [0.05, 0.1) is 27.7 Å². The van der Waals surface area contributed by atoms with Gasteiger partial charge >= 0.3 is 5.69 Å². The molecule has 0 unspecified atom stereocenters. The van der Waals surface area contributed by atoms with Crippen molar-refractivity contribution in [3.8, 4) is 5.69 Å². The van der Waals surface area contributed by atoms with Crippen LogP contribution in [0.25, 0.3) is 16.7 Å². The Morgan fingerprint density at radius 1 is 0.926 bits per heavy atom. The van der Waals surface area contributed by atoms with E-state index in [9.17, 15) is 9.59 Å². The smallest absolute Gasteiger partial charge is 0.268 e. The second kappa shape index (κ2) is 6.98. The molecule has 1 aromatic carbocycles. The summed E-state index contributed by atoms with van der Waals surface area (Å²) in [6.45, 7) is 0.117. The lowest BCUT2D eigenvalue weighted by Crippen LogP contribution is -2.40. The van der Waals surface area contributed by atoms with E-state index in [0.29, 0.717) is 21.1 Å². The molecule has 4 aromatic rings. The minimum absolute atomic E-state index is 0.117. The van der Waals surface area contributed by atoms with Gasteiger partial charge in [0.1, 0.15) is 0 Å². The molecule has 0 bridgehead atoms. The number of aromatic nitrogens is 4. The van der Waals surface area contributed by atoms with Crippen LogP contribution in [0.1, 0.15) is 5.56 Å². The largest absolute Gasteiger partial charge is 0.337 e. The molecule has 0 N–H and O–H groups in total. The van der Waals surface area contributed by atoms with Gasteiger partial charge in [-0.15, -0.1) is 0 Å². The number of nitrogens with zero attached hydrogens (tertiary/aromatic N) is 4. The second-order valence-electron chi connectivity index (χ2n) is 5.84. The summed E-state index contributed by atoms with van der Waals surface area (Å²) in [6, 6.07) is 11.6. The molecule has 0 atom stereocenters. The van der Waals surface area contributed by atoms with Crippen molar-refractivity contribution in [3.63, 3.8) is 0 Å². The van der Waals surface area contributed by atoms with Crippen molar-refractivity contribution in [2.45, 2.75) is 6.54 Å². The van der Waals surface area contributed by atoms with Gasteiger partial charge < -0.3 is 0 Å². The Labute approximate surface area is 163 Å². The topological polar surface area (TPSA) is 69.8 Å². The van der Waals surface area contributed by atoms with Crippen LogP contribution in [0.2, 0.25) is 10.0 Å². The predicted molar refractivity (Wildman–Crippen MR) is 105 cm³/mol.